The van der Waals surface area contributed by atoms with Crippen molar-refractivity contribution in [2.24, 2.45) is 17.6 Å². The van der Waals surface area contributed by atoms with Crippen molar-refractivity contribution in [3.63, 3.8) is 0 Å². The van der Waals surface area contributed by atoms with E-state index >= 15 is 0 Å². The molecule has 1 heterocycles. The van der Waals surface area contributed by atoms with E-state index in [1.165, 1.54) is 51.4 Å². The highest BCUT2D eigenvalue weighted by Crippen LogP contribution is 2.38. The second-order valence-corrected chi connectivity index (χ2v) is 5.95. The Balaban J connectivity index is 1.50. The number of aryl methyl sites for hydroxylation is 1. The summed E-state index contributed by atoms with van der Waals surface area (Å²) in [6.07, 6.45) is 11.5. The van der Waals surface area contributed by atoms with Crippen molar-refractivity contribution in [1.29, 1.82) is 0 Å². The molecule has 2 aliphatic rings. The first-order valence-corrected chi connectivity index (χ1v) is 7.41. The van der Waals surface area contributed by atoms with Gasteiger partial charge in [-0.2, -0.15) is 4.98 Å². The third-order valence-electron chi connectivity index (χ3n) is 4.40. The van der Waals surface area contributed by atoms with Crippen LogP contribution in [0.4, 0.5) is 0 Å². The molecule has 2 saturated carbocycles. The Bertz CT molecular complexity index is 380. The predicted octanol–water partition coefficient (Wildman–Crippen LogP) is 2.99. The first-order valence-electron chi connectivity index (χ1n) is 7.41. The lowest BCUT2D eigenvalue weighted by atomic mass is 9.86. The largest absolute Gasteiger partial charge is 0.339 e. The van der Waals surface area contributed by atoms with Gasteiger partial charge in [-0.05, 0) is 31.1 Å². The van der Waals surface area contributed by atoms with Crippen molar-refractivity contribution in [3.05, 3.63) is 11.7 Å². The number of hydrogen-bond acceptors (Lipinski definition) is 4. The van der Waals surface area contributed by atoms with Gasteiger partial charge in [0.15, 0.2) is 5.82 Å². The molecule has 0 spiro atoms. The molecule has 3 rings (SSSR count). The second-order valence-electron chi connectivity index (χ2n) is 5.95. The Morgan fingerprint density at radius 3 is 2.67 bits per heavy atom. The SMILES string of the molecule is NC(c1noc(CCC2CCCCC2)n1)C1CC1. The van der Waals surface area contributed by atoms with Gasteiger partial charge in [-0.1, -0.05) is 37.3 Å². The molecule has 4 nitrogen and oxygen atoms in total. The fourth-order valence-corrected chi connectivity index (χ4v) is 2.97. The van der Waals surface area contributed by atoms with E-state index in [4.69, 9.17) is 10.3 Å². The van der Waals surface area contributed by atoms with Crippen LogP contribution in [-0.2, 0) is 6.42 Å². The van der Waals surface area contributed by atoms with Gasteiger partial charge >= 0.3 is 0 Å². The number of nitrogens with zero attached hydrogens (tertiary/aromatic N) is 2. The van der Waals surface area contributed by atoms with E-state index in [-0.39, 0.29) is 6.04 Å². The van der Waals surface area contributed by atoms with Crippen LogP contribution in [0.2, 0.25) is 0 Å². The lowest BCUT2D eigenvalue weighted by molar-refractivity contribution is 0.313. The minimum Gasteiger partial charge on any atom is -0.339 e. The first-order chi connectivity index (χ1) is 8.83. The predicted molar refractivity (Wildman–Crippen MR) is 68.8 cm³/mol. The van der Waals surface area contributed by atoms with Crippen LogP contribution < -0.4 is 5.73 Å². The summed E-state index contributed by atoms with van der Waals surface area (Å²) >= 11 is 0. The van der Waals surface area contributed by atoms with Gasteiger partial charge in [-0.15, -0.1) is 0 Å². The average molecular weight is 249 g/mol. The Kier molecular flexibility index (Phi) is 3.64. The third kappa shape index (κ3) is 2.91. The van der Waals surface area contributed by atoms with Crippen LogP contribution in [0.1, 0.15) is 69.1 Å². The maximum Gasteiger partial charge on any atom is 0.226 e. The highest BCUT2D eigenvalue weighted by molar-refractivity contribution is 4.99. The number of aromatic nitrogens is 2. The van der Waals surface area contributed by atoms with Gasteiger partial charge in [0, 0.05) is 6.42 Å². The Hall–Kier alpha value is -0.900. The molecule has 1 aromatic rings. The lowest BCUT2D eigenvalue weighted by Crippen LogP contribution is -2.14. The molecule has 0 amide bonds. The van der Waals surface area contributed by atoms with Crippen LogP contribution >= 0.6 is 0 Å². The van der Waals surface area contributed by atoms with Crippen LogP contribution in [0, 0.1) is 11.8 Å². The van der Waals surface area contributed by atoms with Crippen molar-refractivity contribution in [2.45, 2.75) is 63.8 Å². The standard InChI is InChI=1S/C14H23N3O/c15-13(11-7-8-11)14-16-12(18-17-14)9-6-10-4-2-1-3-5-10/h10-11,13H,1-9,15H2. The molecular formula is C14H23N3O. The van der Waals surface area contributed by atoms with Gasteiger partial charge in [0.05, 0.1) is 6.04 Å². The summed E-state index contributed by atoms with van der Waals surface area (Å²) in [6.45, 7) is 0. The van der Waals surface area contributed by atoms with Crippen LogP contribution in [0.5, 0.6) is 0 Å². The van der Waals surface area contributed by atoms with Gasteiger partial charge in [0.1, 0.15) is 0 Å². The zero-order valence-corrected chi connectivity index (χ0v) is 11.0. The summed E-state index contributed by atoms with van der Waals surface area (Å²) in [5, 5.41) is 4.03. The average Bonchev–Trinajstić information content (AvgIpc) is 3.15. The van der Waals surface area contributed by atoms with Crippen molar-refractivity contribution in [2.75, 3.05) is 0 Å². The smallest absolute Gasteiger partial charge is 0.226 e. The van der Waals surface area contributed by atoms with Crippen molar-refractivity contribution in [3.8, 4) is 0 Å². The van der Waals surface area contributed by atoms with Crippen molar-refractivity contribution in [1.82, 2.24) is 10.1 Å². The molecule has 0 aromatic carbocycles. The van der Waals surface area contributed by atoms with Crippen molar-refractivity contribution < 1.29 is 4.52 Å². The van der Waals surface area contributed by atoms with Crippen LogP contribution in [0.15, 0.2) is 4.52 Å². The van der Waals surface area contributed by atoms with Gasteiger partial charge in [0.25, 0.3) is 0 Å². The summed E-state index contributed by atoms with van der Waals surface area (Å²) in [7, 11) is 0. The van der Waals surface area contributed by atoms with E-state index in [0.717, 1.165) is 24.1 Å². The van der Waals surface area contributed by atoms with E-state index in [1.54, 1.807) is 0 Å². The molecule has 0 aliphatic heterocycles. The Morgan fingerprint density at radius 1 is 1.17 bits per heavy atom. The zero-order chi connectivity index (χ0) is 12.4. The molecule has 2 N–H and O–H groups in total. The maximum absolute atomic E-state index is 6.07. The molecule has 2 fully saturated rings. The molecule has 4 heteroatoms. The fraction of sp³-hybridized carbons (Fsp3) is 0.857. The van der Waals surface area contributed by atoms with E-state index < -0.39 is 0 Å². The zero-order valence-electron chi connectivity index (χ0n) is 11.0. The third-order valence-corrected chi connectivity index (χ3v) is 4.40. The molecule has 100 valence electrons. The molecule has 0 saturated heterocycles. The molecule has 0 radical (unpaired) electrons. The highest BCUT2D eigenvalue weighted by atomic mass is 16.5. The van der Waals surface area contributed by atoms with Gasteiger partial charge in [0.2, 0.25) is 5.89 Å². The van der Waals surface area contributed by atoms with Gasteiger partial charge in [-0.25, -0.2) is 0 Å². The number of rotatable bonds is 5. The number of hydrogen-bond donors (Lipinski definition) is 1. The maximum atomic E-state index is 6.07. The lowest BCUT2D eigenvalue weighted by Gasteiger charge is -2.20. The number of nitrogens with two attached hydrogens (primary N) is 1. The van der Waals surface area contributed by atoms with Crippen molar-refractivity contribution >= 4 is 0 Å². The minimum atomic E-state index is -0.00261. The van der Waals surface area contributed by atoms with Crippen LogP contribution in [0.3, 0.4) is 0 Å². The summed E-state index contributed by atoms with van der Waals surface area (Å²) in [6, 6.07) is -0.00261. The van der Waals surface area contributed by atoms with Crippen LogP contribution in [0.25, 0.3) is 0 Å². The quantitative estimate of drug-likeness (QED) is 0.871. The summed E-state index contributed by atoms with van der Waals surface area (Å²) in [5.41, 5.74) is 6.07. The molecular weight excluding hydrogens is 226 g/mol. The minimum absolute atomic E-state index is 0.00261. The van der Waals surface area contributed by atoms with Gasteiger partial charge < -0.3 is 10.3 Å². The summed E-state index contributed by atoms with van der Waals surface area (Å²) in [5.74, 6) is 2.96. The highest BCUT2D eigenvalue weighted by Gasteiger charge is 2.32. The molecule has 1 atom stereocenters. The molecule has 1 aromatic heterocycles. The topological polar surface area (TPSA) is 64.9 Å². The Labute approximate surface area is 108 Å². The second kappa shape index (κ2) is 5.39. The van der Waals surface area contributed by atoms with E-state index in [9.17, 15) is 0 Å². The van der Waals surface area contributed by atoms with E-state index in [1.807, 2.05) is 0 Å². The summed E-state index contributed by atoms with van der Waals surface area (Å²) < 4.78 is 5.31. The molecule has 0 bridgehead atoms. The van der Waals surface area contributed by atoms with Gasteiger partial charge in [-0.3, -0.25) is 0 Å². The van der Waals surface area contributed by atoms with Crippen LogP contribution in [-0.4, -0.2) is 10.1 Å². The molecule has 1 unspecified atom stereocenters. The van der Waals surface area contributed by atoms with E-state index in [0.29, 0.717) is 5.92 Å². The molecule has 2 aliphatic carbocycles. The summed E-state index contributed by atoms with van der Waals surface area (Å²) in [4.78, 5) is 4.45. The van der Waals surface area contributed by atoms with E-state index in [2.05, 4.69) is 10.1 Å². The Morgan fingerprint density at radius 2 is 1.94 bits per heavy atom. The normalized spacial score (nSPS) is 23.2. The fourth-order valence-electron chi connectivity index (χ4n) is 2.97. The first kappa shape index (κ1) is 12.2. The molecule has 18 heavy (non-hydrogen) atoms. The monoisotopic (exact) mass is 249 g/mol.